The number of methoxy groups -OCH3 is 1. The quantitative estimate of drug-likeness (QED) is 0.596. The minimum atomic E-state index is 0.108. The van der Waals surface area contributed by atoms with E-state index in [1.807, 2.05) is 6.07 Å². The molecule has 0 aliphatic heterocycles. The number of aromatic hydroxyl groups is 1. The summed E-state index contributed by atoms with van der Waals surface area (Å²) in [6, 6.07) is 3.49. The van der Waals surface area contributed by atoms with Gasteiger partial charge in [-0.1, -0.05) is 19.3 Å². The van der Waals surface area contributed by atoms with E-state index in [0.29, 0.717) is 11.6 Å². The summed E-state index contributed by atoms with van der Waals surface area (Å²) >= 11 is 0. The first kappa shape index (κ1) is 11.1. The van der Waals surface area contributed by atoms with Crippen LogP contribution in [-0.4, -0.2) is 12.2 Å². The fourth-order valence-corrected chi connectivity index (χ4v) is 2.51. The summed E-state index contributed by atoms with van der Waals surface area (Å²) in [5.41, 5.74) is 7.34. The van der Waals surface area contributed by atoms with Gasteiger partial charge in [0.25, 0.3) is 0 Å². The Morgan fingerprint density at radius 1 is 1.25 bits per heavy atom. The first-order valence-corrected chi connectivity index (χ1v) is 5.88. The number of phenolic OH excluding ortho intramolecular Hbond substituents is 1. The second-order valence-electron chi connectivity index (χ2n) is 4.49. The number of benzene rings is 1. The van der Waals surface area contributed by atoms with E-state index in [9.17, 15) is 5.11 Å². The molecule has 3 nitrogen and oxygen atoms in total. The van der Waals surface area contributed by atoms with Crippen LogP contribution in [0.3, 0.4) is 0 Å². The van der Waals surface area contributed by atoms with Crippen LogP contribution < -0.4 is 10.5 Å². The van der Waals surface area contributed by atoms with E-state index in [2.05, 4.69) is 0 Å². The molecule has 0 bridgehead atoms. The van der Waals surface area contributed by atoms with Gasteiger partial charge in [-0.15, -0.1) is 0 Å². The van der Waals surface area contributed by atoms with Crippen molar-refractivity contribution in [2.75, 3.05) is 12.8 Å². The van der Waals surface area contributed by atoms with Crippen LogP contribution in [-0.2, 0) is 0 Å². The van der Waals surface area contributed by atoms with E-state index >= 15 is 0 Å². The number of anilines is 1. The number of hydrogen-bond donors (Lipinski definition) is 2. The molecule has 3 heteroatoms. The van der Waals surface area contributed by atoms with Crippen molar-refractivity contribution in [1.29, 1.82) is 0 Å². The summed E-state index contributed by atoms with van der Waals surface area (Å²) in [4.78, 5) is 0. The molecule has 0 amide bonds. The Kier molecular flexibility index (Phi) is 3.22. The minimum Gasteiger partial charge on any atom is -0.506 e. The van der Waals surface area contributed by atoms with Crippen molar-refractivity contribution < 1.29 is 9.84 Å². The molecule has 16 heavy (non-hydrogen) atoms. The molecule has 0 heterocycles. The molecule has 3 N–H and O–H groups in total. The normalized spacial score (nSPS) is 17.3. The number of phenols is 1. The lowest BCUT2D eigenvalue weighted by atomic mass is 9.83. The van der Waals surface area contributed by atoms with Gasteiger partial charge >= 0.3 is 0 Å². The van der Waals surface area contributed by atoms with Gasteiger partial charge in [0.15, 0.2) is 0 Å². The Hall–Kier alpha value is -1.38. The fourth-order valence-electron chi connectivity index (χ4n) is 2.51. The van der Waals surface area contributed by atoms with Crippen LogP contribution in [0.15, 0.2) is 12.1 Å². The third-order valence-corrected chi connectivity index (χ3v) is 3.42. The third-order valence-electron chi connectivity index (χ3n) is 3.42. The van der Waals surface area contributed by atoms with Gasteiger partial charge < -0.3 is 15.6 Å². The van der Waals surface area contributed by atoms with Crippen molar-refractivity contribution in [1.82, 2.24) is 0 Å². The van der Waals surface area contributed by atoms with E-state index < -0.39 is 0 Å². The molecule has 2 rings (SSSR count). The number of nitrogens with two attached hydrogens (primary N) is 1. The molecule has 0 spiro atoms. The van der Waals surface area contributed by atoms with E-state index in [-0.39, 0.29) is 5.75 Å². The summed E-state index contributed by atoms with van der Waals surface area (Å²) in [7, 11) is 1.64. The Labute approximate surface area is 96.2 Å². The summed E-state index contributed by atoms with van der Waals surface area (Å²) in [6.07, 6.45) is 6.26. The molecule has 1 aromatic rings. The Morgan fingerprint density at radius 3 is 2.56 bits per heavy atom. The van der Waals surface area contributed by atoms with Crippen molar-refractivity contribution in [2.45, 2.75) is 38.0 Å². The molecule has 1 aromatic carbocycles. The van der Waals surface area contributed by atoms with Crippen LogP contribution >= 0.6 is 0 Å². The smallest absolute Gasteiger partial charge is 0.142 e. The van der Waals surface area contributed by atoms with Crippen molar-refractivity contribution in [2.24, 2.45) is 0 Å². The number of hydrogen-bond acceptors (Lipinski definition) is 3. The Morgan fingerprint density at radius 2 is 1.94 bits per heavy atom. The zero-order valence-electron chi connectivity index (χ0n) is 9.70. The van der Waals surface area contributed by atoms with Gasteiger partial charge in [0.1, 0.15) is 11.5 Å². The van der Waals surface area contributed by atoms with Crippen molar-refractivity contribution in [3.8, 4) is 11.5 Å². The largest absolute Gasteiger partial charge is 0.506 e. The maximum absolute atomic E-state index is 9.55. The molecule has 88 valence electrons. The second kappa shape index (κ2) is 4.64. The van der Waals surface area contributed by atoms with Gasteiger partial charge in [0.05, 0.1) is 12.8 Å². The van der Waals surface area contributed by atoms with E-state index in [4.69, 9.17) is 10.5 Å². The highest BCUT2D eigenvalue weighted by atomic mass is 16.5. The molecule has 0 radical (unpaired) electrons. The van der Waals surface area contributed by atoms with Gasteiger partial charge in [-0.25, -0.2) is 0 Å². The summed E-state index contributed by atoms with van der Waals surface area (Å²) in [5.74, 6) is 1.40. The van der Waals surface area contributed by atoms with Crippen LogP contribution in [0.2, 0.25) is 0 Å². The Balaban J connectivity index is 2.33. The maximum Gasteiger partial charge on any atom is 0.142 e. The zero-order valence-corrected chi connectivity index (χ0v) is 9.70. The number of ether oxygens (including phenoxy) is 1. The molecule has 0 saturated heterocycles. The Bertz CT molecular complexity index is 370. The molecule has 1 fully saturated rings. The average Bonchev–Trinajstić information content (AvgIpc) is 2.33. The van der Waals surface area contributed by atoms with Gasteiger partial charge in [0.2, 0.25) is 0 Å². The van der Waals surface area contributed by atoms with Crippen molar-refractivity contribution >= 4 is 5.69 Å². The standard InChI is InChI=1S/C13H19NO2/c1-16-13-8-12(15)11(14)7-10(13)9-5-3-2-4-6-9/h7-9,15H,2-6,14H2,1H3. The number of nitrogen functional groups attached to an aromatic ring is 1. The zero-order chi connectivity index (χ0) is 11.5. The van der Waals surface area contributed by atoms with Gasteiger partial charge in [-0.05, 0) is 30.4 Å². The van der Waals surface area contributed by atoms with Gasteiger partial charge in [-0.3, -0.25) is 0 Å². The van der Waals surface area contributed by atoms with E-state index in [1.54, 1.807) is 13.2 Å². The molecule has 1 aliphatic rings. The summed E-state index contributed by atoms with van der Waals surface area (Å²) < 4.78 is 5.32. The van der Waals surface area contributed by atoms with E-state index in [0.717, 1.165) is 11.3 Å². The highest BCUT2D eigenvalue weighted by Crippen LogP contribution is 2.40. The summed E-state index contributed by atoms with van der Waals surface area (Å²) in [6.45, 7) is 0. The highest BCUT2D eigenvalue weighted by molar-refractivity contribution is 5.59. The summed E-state index contributed by atoms with van der Waals surface area (Å²) in [5, 5.41) is 9.55. The lowest BCUT2D eigenvalue weighted by molar-refractivity contribution is 0.383. The minimum absolute atomic E-state index is 0.108. The SMILES string of the molecule is COc1cc(O)c(N)cc1C1CCCCC1. The van der Waals surface area contributed by atoms with Crippen LogP contribution in [0.5, 0.6) is 11.5 Å². The maximum atomic E-state index is 9.55. The third kappa shape index (κ3) is 2.08. The average molecular weight is 221 g/mol. The fraction of sp³-hybridized carbons (Fsp3) is 0.538. The lowest BCUT2D eigenvalue weighted by Gasteiger charge is -2.24. The highest BCUT2D eigenvalue weighted by Gasteiger charge is 2.20. The molecular formula is C13H19NO2. The monoisotopic (exact) mass is 221 g/mol. The van der Waals surface area contributed by atoms with Crippen molar-refractivity contribution in [3.63, 3.8) is 0 Å². The van der Waals surface area contributed by atoms with Crippen molar-refractivity contribution in [3.05, 3.63) is 17.7 Å². The van der Waals surface area contributed by atoms with Gasteiger partial charge in [-0.2, -0.15) is 0 Å². The van der Waals surface area contributed by atoms with Crippen LogP contribution in [0, 0.1) is 0 Å². The molecule has 0 unspecified atom stereocenters. The van der Waals surface area contributed by atoms with Crippen LogP contribution in [0.25, 0.3) is 0 Å². The molecule has 0 atom stereocenters. The number of rotatable bonds is 2. The predicted octanol–water partition coefficient (Wildman–Crippen LogP) is 3.03. The van der Waals surface area contributed by atoms with Crippen LogP contribution in [0.4, 0.5) is 5.69 Å². The van der Waals surface area contributed by atoms with E-state index in [1.165, 1.54) is 32.1 Å². The molecular weight excluding hydrogens is 202 g/mol. The molecule has 0 aromatic heterocycles. The lowest BCUT2D eigenvalue weighted by Crippen LogP contribution is -2.07. The second-order valence-corrected chi connectivity index (χ2v) is 4.49. The first-order valence-electron chi connectivity index (χ1n) is 5.88. The molecule has 1 saturated carbocycles. The van der Waals surface area contributed by atoms with Gasteiger partial charge in [0, 0.05) is 6.07 Å². The predicted molar refractivity (Wildman–Crippen MR) is 64.9 cm³/mol. The molecule has 1 aliphatic carbocycles. The first-order chi connectivity index (χ1) is 7.72. The topological polar surface area (TPSA) is 55.5 Å². The van der Waals surface area contributed by atoms with Crippen LogP contribution in [0.1, 0.15) is 43.6 Å².